The third-order valence-corrected chi connectivity index (χ3v) is 10.2. The fraction of sp³-hybridized carbons (Fsp3) is 0.406. The molecule has 14 heteroatoms. The Bertz CT molecular complexity index is 1900. The highest BCUT2D eigenvalue weighted by atomic mass is 32.2. The van der Waals surface area contributed by atoms with Crippen molar-refractivity contribution in [3.05, 3.63) is 95.8 Å². The van der Waals surface area contributed by atoms with Crippen molar-refractivity contribution in [2.75, 3.05) is 29.5 Å². The summed E-state index contributed by atoms with van der Waals surface area (Å²) in [6.45, 7) is 5.89. The molecule has 3 unspecified atom stereocenters. The summed E-state index contributed by atoms with van der Waals surface area (Å²) in [4.78, 5) is 10.9. The second kappa shape index (κ2) is 12.6. The average Bonchev–Trinajstić information content (AvgIpc) is 3.48. The van der Waals surface area contributed by atoms with Crippen LogP contribution >= 0.6 is 0 Å². The normalized spacial score (nSPS) is 23.9. The summed E-state index contributed by atoms with van der Waals surface area (Å²) in [6, 6.07) is 7.25. The summed E-state index contributed by atoms with van der Waals surface area (Å²) in [7, 11) is -9.22. The number of hydrogen-bond acceptors (Lipinski definition) is 11. The van der Waals surface area contributed by atoms with Crippen LogP contribution in [-0.2, 0) is 31.1 Å². The van der Waals surface area contributed by atoms with E-state index in [0.717, 1.165) is 52.6 Å². The molecule has 2 N–H and O–H groups in total. The van der Waals surface area contributed by atoms with Crippen LogP contribution in [0.3, 0.4) is 0 Å². The molecule has 1 saturated carbocycles. The maximum Gasteiger partial charge on any atom is 0.228 e. The first kappa shape index (κ1) is 33.8. The van der Waals surface area contributed by atoms with Crippen molar-refractivity contribution in [1.82, 2.24) is 9.97 Å². The molecule has 5 rings (SSSR count). The Morgan fingerprint density at radius 3 is 2.20 bits per heavy atom. The Labute approximate surface area is 269 Å². The van der Waals surface area contributed by atoms with Crippen LogP contribution < -0.4 is 4.90 Å². The highest BCUT2D eigenvalue weighted by Crippen LogP contribution is 2.49. The monoisotopic (exact) mass is 669 g/mol. The van der Waals surface area contributed by atoms with Crippen LogP contribution in [0.15, 0.2) is 84.4 Å². The van der Waals surface area contributed by atoms with Gasteiger partial charge in [-0.15, -0.1) is 0 Å². The highest BCUT2D eigenvalue weighted by molar-refractivity contribution is 7.86. The number of anilines is 1. The number of allylic oxidation sites excluding steroid dienone is 8. The van der Waals surface area contributed by atoms with E-state index in [1.54, 1.807) is 29.4 Å². The van der Waals surface area contributed by atoms with Gasteiger partial charge in [-0.1, -0.05) is 30.4 Å². The molecule has 12 nitrogen and oxygen atoms in total. The molecule has 2 aromatic rings. The third kappa shape index (κ3) is 6.92. The van der Waals surface area contributed by atoms with Gasteiger partial charge in [0.1, 0.15) is 17.2 Å². The largest absolute Gasteiger partial charge is 0.748 e. The van der Waals surface area contributed by atoms with Gasteiger partial charge >= 0.3 is 0 Å². The molecular formula is C32H37N4O8S2-. The van der Waals surface area contributed by atoms with Gasteiger partial charge in [-0.3, -0.25) is 9.97 Å². The molecule has 4 heterocycles. The van der Waals surface area contributed by atoms with Crippen molar-refractivity contribution in [2.24, 2.45) is 0 Å². The van der Waals surface area contributed by atoms with Crippen LogP contribution in [0.4, 0.5) is 11.4 Å². The summed E-state index contributed by atoms with van der Waals surface area (Å²) >= 11 is 0. The van der Waals surface area contributed by atoms with Crippen molar-refractivity contribution in [3.63, 3.8) is 0 Å². The highest BCUT2D eigenvalue weighted by Gasteiger charge is 2.55. The Hall–Kier alpha value is -3.53. The Kier molecular flexibility index (Phi) is 9.25. The van der Waals surface area contributed by atoms with Gasteiger partial charge in [0.2, 0.25) is 5.69 Å². The number of rotatable bonds is 11. The molecule has 1 aliphatic carbocycles. The van der Waals surface area contributed by atoms with Crippen LogP contribution in [0.25, 0.3) is 0 Å². The minimum atomic E-state index is -4.61. The van der Waals surface area contributed by atoms with E-state index in [2.05, 4.69) is 16.9 Å². The van der Waals surface area contributed by atoms with E-state index >= 15 is 0 Å². The molecule has 0 spiro atoms. The number of pyridine rings is 2. The average molecular weight is 670 g/mol. The lowest BCUT2D eigenvalue weighted by Crippen LogP contribution is -2.36. The molecule has 2 aliphatic heterocycles. The molecule has 46 heavy (non-hydrogen) atoms. The lowest BCUT2D eigenvalue weighted by molar-refractivity contribution is -0.448. The summed E-state index contributed by atoms with van der Waals surface area (Å²) in [5.74, 6) is -1.78. The predicted molar refractivity (Wildman–Crippen MR) is 171 cm³/mol. The molecule has 0 amide bonds. The first-order valence-electron chi connectivity index (χ1n) is 14.8. The van der Waals surface area contributed by atoms with E-state index < -0.39 is 54.8 Å². The predicted octanol–water partition coefficient (Wildman–Crippen LogP) is 2.16. The zero-order valence-corrected chi connectivity index (χ0v) is 27.4. The maximum absolute atomic E-state index is 11.3. The lowest BCUT2D eigenvalue weighted by Gasteiger charge is -2.28. The van der Waals surface area contributed by atoms with Crippen molar-refractivity contribution in [1.29, 1.82) is 0 Å². The van der Waals surface area contributed by atoms with Crippen LogP contribution in [-0.4, -0.2) is 93.2 Å². The lowest BCUT2D eigenvalue weighted by atomic mass is 9.84. The summed E-state index contributed by atoms with van der Waals surface area (Å²) in [6.07, 6.45) is 13.4. The van der Waals surface area contributed by atoms with Crippen molar-refractivity contribution < 1.29 is 40.7 Å². The number of nitrogens with zero attached hydrogens (tertiary/aromatic N) is 4. The van der Waals surface area contributed by atoms with Crippen molar-refractivity contribution >= 4 is 37.3 Å². The van der Waals surface area contributed by atoms with Crippen LogP contribution in [0.5, 0.6) is 0 Å². The summed E-state index contributed by atoms with van der Waals surface area (Å²) < 4.78 is 69.5. The molecule has 0 aromatic carbocycles. The van der Waals surface area contributed by atoms with E-state index in [1.165, 1.54) is 0 Å². The van der Waals surface area contributed by atoms with Gasteiger partial charge in [-0.2, -0.15) is 4.58 Å². The number of β-amino-alcohol motifs (C(OH)–C–C–N with tert-alkyl or cyclic N) is 2. The van der Waals surface area contributed by atoms with Crippen LogP contribution in [0, 0.1) is 0 Å². The smallest absolute Gasteiger partial charge is 0.228 e. The zero-order chi connectivity index (χ0) is 33.5. The molecule has 0 bridgehead atoms. The molecular weight excluding hydrogens is 633 g/mol. The van der Waals surface area contributed by atoms with Gasteiger partial charge in [-0.25, -0.2) is 16.8 Å². The van der Waals surface area contributed by atoms with E-state index in [4.69, 9.17) is 0 Å². The fourth-order valence-corrected chi connectivity index (χ4v) is 7.97. The van der Waals surface area contributed by atoms with Crippen molar-refractivity contribution in [2.45, 2.75) is 56.7 Å². The quantitative estimate of drug-likeness (QED) is 0.203. The molecule has 3 aliphatic rings. The number of aliphatic hydroxyl groups is 2. The van der Waals surface area contributed by atoms with E-state index in [9.17, 15) is 36.2 Å². The van der Waals surface area contributed by atoms with E-state index in [1.807, 2.05) is 67.0 Å². The summed E-state index contributed by atoms with van der Waals surface area (Å²) in [5, 5.41) is 20.9. The maximum atomic E-state index is 11.3. The molecule has 3 atom stereocenters. The van der Waals surface area contributed by atoms with Gasteiger partial charge in [0.15, 0.2) is 12.3 Å². The number of hydrogen-bond donors (Lipinski definition) is 2. The zero-order valence-electron chi connectivity index (χ0n) is 25.8. The number of aliphatic hydroxyl groups excluding tert-OH is 2. The number of fused-ring (bicyclic) bond motifs is 4. The Balaban J connectivity index is 1.40. The number of aromatic nitrogens is 2. The van der Waals surface area contributed by atoms with E-state index in [0.29, 0.717) is 0 Å². The molecule has 1 fully saturated rings. The van der Waals surface area contributed by atoms with Crippen LogP contribution in [0.2, 0.25) is 0 Å². The standard InChI is InChI=1S/C32H38N4O8S2/c1-31(2)27(35(18-23(37)20-45(39,40)41)25-11-8-16-33-28(25)31)13-7-5-4-6-10-22-14-15-32(3)29-26(12-9-17-34-29)36(30(22)32)19-24(38)21-46(42,43)44/h4-13,16-17,23-24,37-38H,14-15,18-21H2,1-3H3,(H-,39,40,41,42,43,44)/p-1. The van der Waals surface area contributed by atoms with Gasteiger partial charge in [-0.05, 0) is 57.9 Å². The van der Waals surface area contributed by atoms with Gasteiger partial charge < -0.3 is 24.2 Å². The topological polar surface area (TPSA) is 187 Å². The van der Waals surface area contributed by atoms with Crippen molar-refractivity contribution in [3.8, 4) is 0 Å². The molecule has 0 saturated heterocycles. The Morgan fingerprint density at radius 2 is 1.52 bits per heavy atom. The van der Waals surface area contributed by atoms with E-state index in [-0.39, 0.29) is 13.1 Å². The minimum absolute atomic E-state index is 0.0570. The second-order valence-electron chi connectivity index (χ2n) is 12.5. The second-order valence-corrected chi connectivity index (χ2v) is 15.4. The van der Waals surface area contributed by atoms with Gasteiger partial charge in [0.25, 0.3) is 0 Å². The van der Waals surface area contributed by atoms with Crippen LogP contribution in [0.1, 0.15) is 45.0 Å². The molecule has 2 aromatic heterocycles. The SMILES string of the molecule is CC12CC\C(=C/C=C/C=C/C=C3\N(CC(O)CS(=O)(=O)[O-])c4cccnc4C3(C)C)C1=[N+](CC(O)CS(=O)(=O)[O-])c1cccnc12. The first-order chi connectivity index (χ1) is 21.5. The van der Waals surface area contributed by atoms with Gasteiger partial charge in [0.05, 0.1) is 49.2 Å². The first-order valence-corrected chi connectivity index (χ1v) is 18.0. The minimum Gasteiger partial charge on any atom is -0.748 e. The Morgan fingerprint density at radius 1 is 0.913 bits per heavy atom. The van der Waals surface area contributed by atoms with Gasteiger partial charge in [0, 0.05) is 41.7 Å². The fourth-order valence-electron chi connectivity index (χ4n) is 6.81. The summed E-state index contributed by atoms with van der Waals surface area (Å²) in [5.41, 5.74) is 4.84. The molecule has 246 valence electrons. The molecule has 0 radical (unpaired) electrons. The third-order valence-electron chi connectivity index (χ3n) is 8.66.